The zero-order valence-electron chi connectivity index (χ0n) is 25.2. The topological polar surface area (TPSA) is 128 Å². The minimum Gasteiger partial charge on any atom is -0.462 e. The average Bonchev–Trinajstić information content (AvgIpc) is 3.21. The highest BCUT2D eigenvalue weighted by molar-refractivity contribution is 7.90. The van der Waals surface area contributed by atoms with Gasteiger partial charge in [-0.1, -0.05) is 30.3 Å². The molecule has 46 heavy (non-hydrogen) atoms. The second-order valence-electron chi connectivity index (χ2n) is 11.2. The number of benzene rings is 2. The molecule has 10 nitrogen and oxygen atoms in total. The van der Waals surface area contributed by atoms with Crippen molar-refractivity contribution >= 4 is 27.9 Å². The Bertz CT molecular complexity index is 1710. The van der Waals surface area contributed by atoms with Crippen molar-refractivity contribution in [1.29, 1.82) is 0 Å². The Hall–Kier alpha value is -4.17. The highest BCUT2D eigenvalue weighted by Crippen LogP contribution is 2.44. The van der Waals surface area contributed by atoms with Crippen molar-refractivity contribution in [2.24, 2.45) is 0 Å². The van der Waals surface area contributed by atoms with Gasteiger partial charge in [0.2, 0.25) is 0 Å². The maximum absolute atomic E-state index is 14.3. The number of allylic oxidation sites excluding steroid dienone is 2. The number of amides is 1. The number of esters is 2. The first-order chi connectivity index (χ1) is 21.8. The van der Waals surface area contributed by atoms with E-state index in [1.165, 1.54) is 50.2 Å². The molecule has 2 atom stereocenters. The van der Waals surface area contributed by atoms with Crippen LogP contribution in [0.4, 0.5) is 13.2 Å². The second kappa shape index (κ2) is 13.3. The number of halogens is 3. The molecule has 0 bridgehead atoms. The van der Waals surface area contributed by atoms with Crippen LogP contribution in [0.3, 0.4) is 0 Å². The van der Waals surface area contributed by atoms with E-state index < -0.39 is 45.5 Å². The summed E-state index contributed by atoms with van der Waals surface area (Å²) in [6, 6.07) is 10.4. The molecule has 1 saturated heterocycles. The number of fused-ring (bicyclic) bond motifs is 1. The third kappa shape index (κ3) is 6.54. The van der Waals surface area contributed by atoms with Crippen molar-refractivity contribution in [3.63, 3.8) is 0 Å². The van der Waals surface area contributed by atoms with Gasteiger partial charge in [0.15, 0.2) is 0 Å². The summed E-state index contributed by atoms with van der Waals surface area (Å²) in [5, 5.41) is 2.91. The van der Waals surface area contributed by atoms with Crippen LogP contribution in [0.15, 0.2) is 76.0 Å². The molecular formula is C32H33F3N2O8S. The molecule has 2 aromatic rings. The lowest BCUT2D eigenvalue weighted by Gasteiger charge is -2.32. The van der Waals surface area contributed by atoms with E-state index in [1.807, 2.05) is 0 Å². The molecule has 2 unspecified atom stereocenters. The zero-order valence-corrected chi connectivity index (χ0v) is 26.0. The second-order valence-corrected chi connectivity index (χ2v) is 13.0. The summed E-state index contributed by atoms with van der Waals surface area (Å²) < 4.78 is 85.7. The quantitative estimate of drug-likeness (QED) is 0.297. The number of nitrogens with one attached hydrogen (secondary N) is 1. The Morgan fingerprint density at radius 3 is 2.28 bits per heavy atom. The first-order valence-corrected chi connectivity index (χ1v) is 16.2. The molecule has 14 heteroatoms. The largest absolute Gasteiger partial charge is 0.462 e. The van der Waals surface area contributed by atoms with E-state index in [2.05, 4.69) is 5.32 Å². The number of hydrogen-bond donors (Lipinski definition) is 1. The van der Waals surface area contributed by atoms with Gasteiger partial charge in [0.25, 0.3) is 15.9 Å². The smallest absolute Gasteiger partial charge is 0.416 e. The number of ether oxygens (including phenoxy) is 3. The van der Waals surface area contributed by atoms with E-state index in [4.69, 9.17) is 14.2 Å². The third-order valence-corrected chi connectivity index (χ3v) is 9.94. The van der Waals surface area contributed by atoms with Crippen molar-refractivity contribution in [2.45, 2.75) is 62.6 Å². The fraction of sp³-hybridized carbons (Fsp3) is 0.406. The van der Waals surface area contributed by atoms with E-state index in [0.717, 1.165) is 18.9 Å². The van der Waals surface area contributed by atoms with Crippen LogP contribution in [0.5, 0.6) is 0 Å². The highest BCUT2D eigenvalue weighted by Gasteiger charge is 2.44. The van der Waals surface area contributed by atoms with E-state index in [9.17, 15) is 36.0 Å². The normalized spacial score (nSPS) is 21.2. The van der Waals surface area contributed by atoms with Gasteiger partial charge in [-0.05, 0) is 56.9 Å². The minimum absolute atomic E-state index is 0.0383. The van der Waals surface area contributed by atoms with Crippen molar-refractivity contribution < 1.29 is 50.2 Å². The van der Waals surface area contributed by atoms with Crippen LogP contribution in [0, 0.1) is 0 Å². The van der Waals surface area contributed by atoms with Gasteiger partial charge in [0.05, 0.1) is 40.9 Å². The van der Waals surface area contributed by atoms with Gasteiger partial charge in [0.1, 0.15) is 11.5 Å². The Morgan fingerprint density at radius 1 is 0.978 bits per heavy atom. The molecule has 5 rings (SSSR count). The molecule has 3 aliphatic rings. The SMILES string of the molecule is CC1=C(C(=O)OCCCN2C(=O)c3ccccc3S2(=O)=O)C(c2ccccc2C(F)(F)F)C(C(=O)OCC2CCCCO2)=C(C)N1. The number of rotatable bonds is 9. The summed E-state index contributed by atoms with van der Waals surface area (Å²) in [4.78, 5) is 39.7. The van der Waals surface area contributed by atoms with Gasteiger partial charge in [0, 0.05) is 31.0 Å². The number of dihydropyridines is 1. The third-order valence-electron chi connectivity index (χ3n) is 8.10. The molecule has 2 aromatic carbocycles. The molecule has 1 amide bonds. The van der Waals surface area contributed by atoms with Gasteiger partial charge >= 0.3 is 18.1 Å². The number of sulfonamides is 1. The summed E-state index contributed by atoms with van der Waals surface area (Å²) in [6.45, 7) is 2.74. The number of hydrogen-bond acceptors (Lipinski definition) is 9. The zero-order chi connectivity index (χ0) is 33.2. The lowest BCUT2D eigenvalue weighted by atomic mass is 9.78. The number of nitrogens with zero attached hydrogens (tertiary/aromatic N) is 1. The number of carbonyl (C=O) groups excluding carboxylic acids is 3. The van der Waals surface area contributed by atoms with Gasteiger partial charge < -0.3 is 19.5 Å². The fourth-order valence-corrected chi connectivity index (χ4v) is 7.55. The Kier molecular flexibility index (Phi) is 9.59. The summed E-state index contributed by atoms with van der Waals surface area (Å²) in [7, 11) is -4.07. The number of carbonyl (C=O) groups is 3. The predicted molar refractivity (Wildman–Crippen MR) is 158 cm³/mol. The average molecular weight is 663 g/mol. The van der Waals surface area contributed by atoms with Crippen molar-refractivity contribution in [3.05, 3.63) is 87.8 Å². The Morgan fingerprint density at radius 2 is 1.63 bits per heavy atom. The predicted octanol–water partition coefficient (Wildman–Crippen LogP) is 4.83. The van der Waals surface area contributed by atoms with Crippen LogP contribution in [0.25, 0.3) is 0 Å². The van der Waals surface area contributed by atoms with Crippen LogP contribution in [-0.4, -0.2) is 63.0 Å². The molecular weight excluding hydrogens is 629 g/mol. The lowest BCUT2D eigenvalue weighted by Crippen LogP contribution is -2.35. The van der Waals surface area contributed by atoms with Crippen LogP contribution in [0.1, 0.15) is 66.9 Å². The molecule has 3 heterocycles. The van der Waals surface area contributed by atoms with Crippen molar-refractivity contribution in [3.8, 4) is 0 Å². The molecule has 0 spiro atoms. The maximum atomic E-state index is 14.3. The molecule has 246 valence electrons. The molecule has 3 aliphatic heterocycles. The molecule has 1 fully saturated rings. The molecule has 0 radical (unpaired) electrons. The van der Waals surface area contributed by atoms with Gasteiger partial charge in [-0.3, -0.25) is 4.79 Å². The molecule has 0 saturated carbocycles. The van der Waals surface area contributed by atoms with Crippen molar-refractivity contribution in [2.75, 3.05) is 26.4 Å². The van der Waals surface area contributed by atoms with Crippen LogP contribution in [0.2, 0.25) is 0 Å². The van der Waals surface area contributed by atoms with Crippen LogP contribution in [-0.2, 0) is 40.0 Å². The van der Waals surface area contributed by atoms with Gasteiger partial charge in [-0.2, -0.15) is 13.2 Å². The summed E-state index contributed by atoms with van der Waals surface area (Å²) in [5.41, 5.74) is -1.37. The molecule has 0 aromatic heterocycles. The monoisotopic (exact) mass is 662 g/mol. The standard InChI is InChI=1S/C32H33F3N2O8S/c1-19-26(30(39)44-17-9-15-37-29(38)23-12-4-6-14-25(23)46(37,41)42)28(22-11-3-5-13-24(22)32(33,34)35)27(20(2)36-19)31(40)45-18-21-10-7-8-16-43-21/h3-6,11-14,21,28,36H,7-10,15-18H2,1-2H3. The maximum Gasteiger partial charge on any atom is 0.416 e. The Balaban J connectivity index is 1.38. The number of alkyl halides is 3. The van der Waals surface area contributed by atoms with Crippen LogP contribution < -0.4 is 5.32 Å². The minimum atomic E-state index is -4.81. The summed E-state index contributed by atoms with van der Waals surface area (Å²) >= 11 is 0. The van der Waals surface area contributed by atoms with E-state index >= 15 is 0 Å². The van der Waals surface area contributed by atoms with Gasteiger partial charge in [-0.25, -0.2) is 22.3 Å². The van der Waals surface area contributed by atoms with E-state index in [1.54, 1.807) is 6.07 Å². The Labute approximate surface area is 264 Å². The van der Waals surface area contributed by atoms with Crippen LogP contribution >= 0.6 is 0 Å². The van der Waals surface area contributed by atoms with E-state index in [0.29, 0.717) is 17.3 Å². The molecule has 1 N–H and O–H groups in total. The molecule has 0 aliphatic carbocycles. The first kappa shape index (κ1) is 33.2. The first-order valence-electron chi connectivity index (χ1n) is 14.8. The highest BCUT2D eigenvalue weighted by atomic mass is 32.2. The van der Waals surface area contributed by atoms with Gasteiger partial charge in [-0.15, -0.1) is 0 Å². The fourth-order valence-electron chi connectivity index (χ4n) is 5.94. The lowest BCUT2D eigenvalue weighted by molar-refractivity contribution is -0.145. The van der Waals surface area contributed by atoms with Crippen molar-refractivity contribution in [1.82, 2.24) is 9.62 Å². The van der Waals surface area contributed by atoms with E-state index in [-0.39, 0.29) is 70.8 Å². The summed E-state index contributed by atoms with van der Waals surface area (Å²) in [5.74, 6) is -4.12. The summed E-state index contributed by atoms with van der Waals surface area (Å²) in [6.07, 6.45) is -2.82.